The molecule has 2 aromatic heterocycles. The van der Waals surface area contributed by atoms with E-state index in [2.05, 4.69) is 34.5 Å². The van der Waals surface area contributed by atoms with Crippen LogP contribution in [0.25, 0.3) is 22.5 Å². The van der Waals surface area contributed by atoms with Crippen molar-refractivity contribution in [1.82, 2.24) is 29.8 Å². The lowest BCUT2D eigenvalue weighted by molar-refractivity contribution is 0.0863. The second-order valence-corrected chi connectivity index (χ2v) is 10.2. The number of hydrogen-bond acceptors (Lipinski definition) is 5. The fourth-order valence-corrected chi connectivity index (χ4v) is 5.35. The molecule has 1 N–H and O–H groups in total. The van der Waals surface area contributed by atoms with Gasteiger partial charge in [-0.25, -0.2) is 9.36 Å². The molecule has 1 aliphatic carbocycles. The maximum Gasteiger partial charge on any atom is 0.335 e. The van der Waals surface area contributed by atoms with Crippen molar-refractivity contribution >= 4 is 5.91 Å². The Balaban J connectivity index is 1.41. The van der Waals surface area contributed by atoms with Crippen LogP contribution >= 0.6 is 0 Å². The van der Waals surface area contributed by atoms with E-state index in [1.807, 2.05) is 48.5 Å². The molecular formula is C29H34N6O2. The number of hydrogen-bond donors (Lipinski definition) is 1. The summed E-state index contributed by atoms with van der Waals surface area (Å²) in [4.78, 5) is 26.6. The van der Waals surface area contributed by atoms with E-state index in [4.69, 9.17) is 0 Å². The maximum atomic E-state index is 13.4. The summed E-state index contributed by atoms with van der Waals surface area (Å²) < 4.78 is 3.14. The topological polar surface area (TPSA) is 98.5 Å². The molecule has 0 bridgehead atoms. The summed E-state index contributed by atoms with van der Waals surface area (Å²) in [5.74, 6) is 1.04. The van der Waals surface area contributed by atoms with Crippen LogP contribution in [0, 0.1) is 5.92 Å². The molecule has 8 nitrogen and oxygen atoms in total. The minimum Gasteiger partial charge on any atom is -0.291 e. The van der Waals surface area contributed by atoms with Gasteiger partial charge >= 0.3 is 5.69 Å². The first-order valence-electron chi connectivity index (χ1n) is 13.3. The first-order chi connectivity index (χ1) is 18.0. The summed E-state index contributed by atoms with van der Waals surface area (Å²) in [5, 5.41) is 14.5. The quantitative estimate of drug-likeness (QED) is 0.337. The molecule has 0 amide bonds. The van der Waals surface area contributed by atoms with Crippen molar-refractivity contribution in [3.63, 3.8) is 0 Å². The summed E-state index contributed by atoms with van der Waals surface area (Å²) in [6.07, 6.45) is 8.93. The van der Waals surface area contributed by atoms with Gasteiger partial charge in [-0.1, -0.05) is 81.6 Å². The third-order valence-corrected chi connectivity index (χ3v) is 7.70. The van der Waals surface area contributed by atoms with Crippen molar-refractivity contribution in [2.45, 2.75) is 71.3 Å². The number of tetrazole rings is 1. The maximum absolute atomic E-state index is 13.4. The van der Waals surface area contributed by atoms with E-state index in [0.29, 0.717) is 24.7 Å². The summed E-state index contributed by atoms with van der Waals surface area (Å²) in [6.45, 7) is 4.64. The average molecular weight is 499 g/mol. The Hall–Kier alpha value is -3.81. The molecule has 4 aromatic rings. The van der Waals surface area contributed by atoms with Crippen LogP contribution in [0.1, 0.15) is 80.8 Å². The Morgan fingerprint density at radius 3 is 2.46 bits per heavy atom. The summed E-state index contributed by atoms with van der Waals surface area (Å²) >= 11 is 0. The first kappa shape index (κ1) is 24.9. The summed E-state index contributed by atoms with van der Waals surface area (Å²) in [6, 6.07) is 16.1. The van der Waals surface area contributed by atoms with Crippen molar-refractivity contribution in [2.24, 2.45) is 5.92 Å². The van der Waals surface area contributed by atoms with Gasteiger partial charge in [-0.05, 0) is 53.0 Å². The zero-order valence-electron chi connectivity index (χ0n) is 21.6. The van der Waals surface area contributed by atoms with Crippen LogP contribution in [0.5, 0.6) is 0 Å². The lowest BCUT2D eigenvalue weighted by Gasteiger charge is -2.20. The molecule has 2 heterocycles. The van der Waals surface area contributed by atoms with E-state index in [1.165, 1.54) is 23.8 Å². The van der Waals surface area contributed by atoms with E-state index in [0.717, 1.165) is 47.2 Å². The van der Waals surface area contributed by atoms with Crippen LogP contribution in [0.2, 0.25) is 0 Å². The highest BCUT2D eigenvalue weighted by Gasteiger charge is 2.23. The predicted octanol–water partition coefficient (Wildman–Crippen LogP) is 5.67. The smallest absolute Gasteiger partial charge is 0.291 e. The lowest BCUT2D eigenvalue weighted by atomic mass is 9.87. The number of rotatable bonds is 8. The van der Waals surface area contributed by atoms with Gasteiger partial charge in [0.25, 0.3) is 0 Å². The Morgan fingerprint density at radius 1 is 1.05 bits per heavy atom. The number of imidazole rings is 1. The zero-order valence-corrected chi connectivity index (χ0v) is 21.6. The van der Waals surface area contributed by atoms with Crippen LogP contribution in [0.3, 0.4) is 0 Å². The van der Waals surface area contributed by atoms with Crippen LogP contribution in [-0.2, 0) is 6.54 Å². The standard InChI is InChI=1S/C29H34N6O2/c1-3-20(2)26-19-35(27(36)17-21-9-5-4-6-10-21)29(37)34(26)18-22-13-15-23(16-14-22)24-11-7-8-12-25(24)28-30-32-33-31-28/h7-8,11-16,19-21H,3-6,9-10,17-18H2,1-2H3,(H,30,31,32,33). The SMILES string of the molecule is CCC(C)c1cn(C(=O)CC2CCCCC2)c(=O)n1Cc1ccc(-c2ccccc2-c2nn[nH]n2)cc1. The molecule has 1 fully saturated rings. The van der Waals surface area contributed by atoms with Crippen molar-refractivity contribution in [1.29, 1.82) is 0 Å². The van der Waals surface area contributed by atoms with Gasteiger partial charge in [0, 0.05) is 23.9 Å². The van der Waals surface area contributed by atoms with Gasteiger partial charge in [0.05, 0.1) is 6.54 Å². The Kier molecular flexibility index (Phi) is 7.44. The molecule has 1 unspecified atom stereocenters. The number of benzene rings is 2. The normalized spacial score (nSPS) is 15.1. The minimum absolute atomic E-state index is 0.0753. The van der Waals surface area contributed by atoms with Crippen molar-refractivity contribution in [3.8, 4) is 22.5 Å². The summed E-state index contributed by atoms with van der Waals surface area (Å²) in [7, 11) is 0. The Morgan fingerprint density at radius 2 is 1.78 bits per heavy atom. The number of nitrogens with one attached hydrogen (secondary N) is 1. The molecule has 8 heteroatoms. The number of carbonyl (C=O) groups excluding carboxylic acids is 1. The van der Waals surface area contributed by atoms with Gasteiger partial charge in [-0.3, -0.25) is 9.36 Å². The second-order valence-electron chi connectivity index (χ2n) is 10.2. The van der Waals surface area contributed by atoms with E-state index < -0.39 is 0 Å². The molecule has 0 saturated heterocycles. The van der Waals surface area contributed by atoms with Crippen molar-refractivity contribution < 1.29 is 4.79 Å². The molecule has 37 heavy (non-hydrogen) atoms. The summed E-state index contributed by atoms with van der Waals surface area (Å²) in [5.41, 5.74) is 4.61. The average Bonchev–Trinajstić information content (AvgIpc) is 3.58. The van der Waals surface area contributed by atoms with Crippen LogP contribution in [0.15, 0.2) is 59.5 Å². The van der Waals surface area contributed by atoms with Gasteiger partial charge in [-0.15, -0.1) is 10.2 Å². The third kappa shape index (κ3) is 5.33. The highest BCUT2D eigenvalue weighted by molar-refractivity contribution is 5.80. The number of H-pyrrole nitrogens is 1. The van der Waals surface area contributed by atoms with Crippen molar-refractivity contribution in [3.05, 3.63) is 76.5 Å². The number of aromatic nitrogens is 6. The van der Waals surface area contributed by atoms with Gasteiger partial charge in [0.15, 0.2) is 0 Å². The molecule has 2 aromatic carbocycles. The molecule has 0 aliphatic heterocycles. The van der Waals surface area contributed by atoms with Crippen LogP contribution < -0.4 is 5.69 Å². The fourth-order valence-electron chi connectivity index (χ4n) is 5.35. The Labute approximate surface area is 216 Å². The lowest BCUT2D eigenvalue weighted by Crippen LogP contribution is -2.31. The van der Waals surface area contributed by atoms with E-state index in [1.54, 1.807) is 10.8 Å². The predicted molar refractivity (Wildman–Crippen MR) is 143 cm³/mol. The second kappa shape index (κ2) is 11.1. The van der Waals surface area contributed by atoms with Crippen molar-refractivity contribution in [2.75, 3.05) is 0 Å². The number of nitrogens with zero attached hydrogens (tertiary/aromatic N) is 5. The monoisotopic (exact) mass is 498 g/mol. The molecular weight excluding hydrogens is 464 g/mol. The van der Waals surface area contributed by atoms with Gasteiger partial charge in [-0.2, -0.15) is 5.21 Å². The largest absolute Gasteiger partial charge is 0.335 e. The molecule has 5 rings (SSSR count). The molecule has 1 saturated carbocycles. The van der Waals surface area contributed by atoms with Gasteiger partial charge in [0.2, 0.25) is 11.7 Å². The van der Waals surface area contributed by atoms with Crippen LogP contribution in [-0.4, -0.2) is 35.7 Å². The molecule has 192 valence electrons. The zero-order chi connectivity index (χ0) is 25.8. The van der Waals surface area contributed by atoms with E-state index in [-0.39, 0.29) is 17.5 Å². The van der Waals surface area contributed by atoms with Gasteiger partial charge < -0.3 is 0 Å². The minimum atomic E-state index is -0.234. The molecule has 1 aliphatic rings. The highest BCUT2D eigenvalue weighted by Crippen LogP contribution is 2.30. The highest BCUT2D eigenvalue weighted by atomic mass is 16.2. The molecule has 0 radical (unpaired) electrons. The Bertz CT molecular complexity index is 1400. The van der Waals surface area contributed by atoms with Gasteiger partial charge in [0.1, 0.15) is 0 Å². The number of carbonyl (C=O) groups is 1. The first-order valence-corrected chi connectivity index (χ1v) is 13.3. The third-order valence-electron chi connectivity index (χ3n) is 7.70. The molecule has 0 spiro atoms. The molecule has 1 atom stereocenters. The van der Waals surface area contributed by atoms with E-state index >= 15 is 0 Å². The van der Waals surface area contributed by atoms with Crippen LogP contribution in [0.4, 0.5) is 0 Å². The number of aromatic amines is 1. The fraction of sp³-hybridized carbons (Fsp3) is 0.414. The van der Waals surface area contributed by atoms with E-state index in [9.17, 15) is 9.59 Å².